The number of nitrogens with zero attached hydrogens (tertiary/aromatic N) is 1. The Morgan fingerprint density at radius 2 is 2.12 bits per heavy atom. The number of ether oxygens (including phenoxy) is 1. The Kier molecular flexibility index (Phi) is 5.31. The average molecular weight is 264 g/mol. The molecule has 0 radical (unpaired) electrons. The maximum atomic E-state index is 6.03. The van der Waals surface area contributed by atoms with Gasteiger partial charge in [-0.1, -0.05) is 23.2 Å². The van der Waals surface area contributed by atoms with Gasteiger partial charge in [0.1, 0.15) is 5.75 Å². The predicted molar refractivity (Wildman–Crippen MR) is 66.7 cm³/mol. The van der Waals surface area contributed by atoms with E-state index in [2.05, 4.69) is 5.43 Å². The van der Waals surface area contributed by atoms with Crippen molar-refractivity contribution in [1.82, 2.24) is 10.3 Å². The molecule has 0 unspecified atom stereocenters. The maximum absolute atomic E-state index is 6.03. The minimum absolute atomic E-state index is 0.513. The Morgan fingerprint density at radius 3 is 2.69 bits per heavy atom. The molecule has 1 aromatic carbocycles. The van der Waals surface area contributed by atoms with Crippen LogP contribution in [0, 0.1) is 0 Å². The van der Waals surface area contributed by atoms with Crippen LogP contribution >= 0.6 is 23.2 Å². The molecule has 0 aliphatic carbocycles. The number of benzene rings is 1. The highest BCUT2D eigenvalue weighted by Crippen LogP contribution is 2.32. The van der Waals surface area contributed by atoms with Gasteiger partial charge in [0.2, 0.25) is 0 Å². The standard InChI is InChI=1S/C10H15Cl2N3O/c1-15(6-14-13)5-7-3-8(11)4-9(12)10(7)16-2/h3-4,14H,5-6,13H2,1-2H3. The summed E-state index contributed by atoms with van der Waals surface area (Å²) in [6.07, 6.45) is 0. The second-order valence-electron chi connectivity index (χ2n) is 3.46. The number of nitrogens with two attached hydrogens (primary N) is 1. The zero-order chi connectivity index (χ0) is 12.1. The number of nitrogens with one attached hydrogen (secondary N) is 1. The molecule has 1 rings (SSSR count). The fourth-order valence-electron chi connectivity index (χ4n) is 1.46. The van der Waals surface area contributed by atoms with E-state index < -0.39 is 0 Å². The van der Waals surface area contributed by atoms with Crippen LogP contribution in [0.25, 0.3) is 0 Å². The minimum atomic E-state index is 0.513. The van der Waals surface area contributed by atoms with Crippen molar-refractivity contribution in [1.29, 1.82) is 0 Å². The van der Waals surface area contributed by atoms with Crippen molar-refractivity contribution in [3.8, 4) is 5.75 Å². The van der Waals surface area contributed by atoms with Crippen LogP contribution in [-0.4, -0.2) is 25.7 Å². The van der Waals surface area contributed by atoms with Gasteiger partial charge in [0.15, 0.2) is 0 Å². The van der Waals surface area contributed by atoms with Crippen LogP contribution in [0.4, 0.5) is 0 Å². The number of rotatable bonds is 5. The van der Waals surface area contributed by atoms with Gasteiger partial charge < -0.3 is 4.74 Å². The van der Waals surface area contributed by atoms with Gasteiger partial charge in [-0.15, -0.1) is 0 Å². The lowest BCUT2D eigenvalue weighted by Crippen LogP contribution is -2.35. The van der Waals surface area contributed by atoms with E-state index in [9.17, 15) is 0 Å². The second kappa shape index (κ2) is 6.27. The summed E-state index contributed by atoms with van der Waals surface area (Å²) in [5, 5.41) is 1.11. The van der Waals surface area contributed by atoms with Crippen LogP contribution in [0.1, 0.15) is 5.56 Å². The molecule has 0 spiro atoms. The Labute approximate surface area is 105 Å². The lowest BCUT2D eigenvalue weighted by molar-refractivity contribution is 0.295. The third-order valence-corrected chi connectivity index (χ3v) is 2.59. The number of hydrogen-bond donors (Lipinski definition) is 2. The average Bonchev–Trinajstić information content (AvgIpc) is 2.17. The molecular weight excluding hydrogens is 249 g/mol. The van der Waals surface area contributed by atoms with Gasteiger partial charge in [-0.3, -0.25) is 10.7 Å². The van der Waals surface area contributed by atoms with Crippen LogP contribution in [0.15, 0.2) is 12.1 Å². The number of methoxy groups -OCH3 is 1. The van der Waals surface area contributed by atoms with Crippen molar-refractivity contribution >= 4 is 23.2 Å². The van der Waals surface area contributed by atoms with Crippen molar-refractivity contribution in [3.05, 3.63) is 27.7 Å². The van der Waals surface area contributed by atoms with Crippen molar-refractivity contribution in [2.45, 2.75) is 6.54 Å². The largest absolute Gasteiger partial charge is 0.495 e. The van der Waals surface area contributed by atoms with Gasteiger partial charge in [-0.2, -0.15) is 0 Å². The monoisotopic (exact) mass is 263 g/mol. The number of hydrazine groups is 1. The topological polar surface area (TPSA) is 50.5 Å². The van der Waals surface area contributed by atoms with Crippen molar-refractivity contribution in [2.24, 2.45) is 5.84 Å². The Hall–Kier alpha value is -0.520. The third-order valence-electron chi connectivity index (χ3n) is 2.09. The summed E-state index contributed by atoms with van der Waals surface area (Å²) in [7, 11) is 3.51. The van der Waals surface area contributed by atoms with Crippen molar-refractivity contribution in [2.75, 3.05) is 20.8 Å². The summed E-state index contributed by atoms with van der Waals surface area (Å²) in [4.78, 5) is 1.98. The van der Waals surface area contributed by atoms with E-state index in [0.717, 1.165) is 5.56 Å². The van der Waals surface area contributed by atoms with Crippen molar-refractivity contribution < 1.29 is 4.74 Å². The highest BCUT2D eigenvalue weighted by atomic mass is 35.5. The molecule has 6 heteroatoms. The summed E-state index contributed by atoms with van der Waals surface area (Å²) in [5.41, 5.74) is 3.50. The number of halogens is 2. The van der Waals surface area contributed by atoms with Crippen LogP contribution in [-0.2, 0) is 6.54 Å². The first-order valence-electron chi connectivity index (χ1n) is 4.72. The predicted octanol–water partition coefficient (Wildman–Crippen LogP) is 1.85. The van der Waals surface area contributed by atoms with Gasteiger partial charge in [-0.25, -0.2) is 5.43 Å². The normalized spacial score (nSPS) is 10.9. The highest BCUT2D eigenvalue weighted by Gasteiger charge is 2.11. The van der Waals surface area contributed by atoms with E-state index in [-0.39, 0.29) is 0 Å². The first-order chi connectivity index (χ1) is 7.58. The summed E-state index contributed by atoms with van der Waals surface area (Å²) >= 11 is 12.0. The molecule has 0 aliphatic heterocycles. The van der Waals surface area contributed by atoms with Crippen molar-refractivity contribution in [3.63, 3.8) is 0 Å². The molecule has 1 aromatic rings. The van der Waals surface area contributed by atoms with E-state index in [4.69, 9.17) is 33.8 Å². The maximum Gasteiger partial charge on any atom is 0.142 e. The minimum Gasteiger partial charge on any atom is -0.495 e. The molecule has 16 heavy (non-hydrogen) atoms. The molecule has 3 N–H and O–H groups in total. The zero-order valence-electron chi connectivity index (χ0n) is 9.26. The molecular formula is C10H15Cl2N3O. The Morgan fingerprint density at radius 1 is 1.44 bits per heavy atom. The molecule has 0 heterocycles. The zero-order valence-corrected chi connectivity index (χ0v) is 10.8. The Bertz CT molecular complexity index is 360. The molecule has 0 saturated carbocycles. The fourth-order valence-corrected chi connectivity index (χ4v) is 2.07. The van der Waals surface area contributed by atoms with Crippen LogP contribution in [0.3, 0.4) is 0 Å². The van der Waals surface area contributed by atoms with Gasteiger partial charge in [0.25, 0.3) is 0 Å². The quantitative estimate of drug-likeness (QED) is 0.484. The van der Waals surface area contributed by atoms with E-state index in [1.807, 2.05) is 18.0 Å². The van der Waals surface area contributed by atoms with E-state index >= 15 is 0 Å². The van der Waals surface area contributed by atoms with E-state index in [1.165, 1.54) is 0 Å². The smallest absolute Gasteiger partial charge is 0.142 e. The molecule has 0 fully saturated rings. The van der Waals surface area contributed by atoms with E-state index in [1.54, 1.807) is 13.2 Å². The van der Waals surface area contributed by atoms with E-state index in [0.29, 0.717) is 29.0 Å². The molecule has 0 atom stereocenters. The van der Waals surface area contributed by atoms with Crippen LogP contribution in [0.5, 0.6) is 5.75 Å². The van der Waals surface area contributed by atoms with Crippen LogP contribution in [0.2, 0.25) is 10.0 Å². The summed E-state index contributed by atoms with van der Waals surface area (Å²) in [5.74, 6) is 5.89. The fraction of sp³-hybridized carbons (Fsp3) is 0.400. The molecule has 4 nitrogen and oxygen atoms in total. The summed E-state index contributed by atoms with van der Waals surface area (Å²) in [6.45, 7) is 1.21. The summed E-state index contributed by atoms with van der Waals surface area (Å²) < 4.78 is 5.24. The third kappa shape index (κ3) is 3.50. The van der Waals surface area contributed by atoms with Gasteiger partial charge in [0, 0.05) is 17.1 Å². The van der Waals surface area contributed by atoms with Gasteiger partial charge in [-0.05, 0) is 19.2 Å². The van der Waals surface area contributed by atoms with Gasteiger partial charge >= 0.3 is 0 Å². The first-order valence-corrected chi connectivity index (χ1v) is 5.48. The molecule has 0 amide bonds. The van der Waals surface area contributed by atoms with Gasteiger partial charge in [0.05, 0.1) is 18.8 Å². The highest BCUT2D eigenvalue weighted by molar-refractivity contribution is 6.35. The molecule has 0 aliphatic rings. The number of hydrogen-bond acceptors (Lipinski definition) is 4. The summed E-state index contributed by atoms with van der Waals surface area (Å²) in [6, 6.07) is 3.49. The Balaban J connectivity index is 2.93. The second-order valence-corrected chi connectivity index (χ2v) is 4.30. The molecule has 0 bridgehead atoms. The lowest BCUT2D eigenvalue weighted by atomic mass is 10.2. The first kappa shape index (κ1) is 13.5. The SMILES string of the molecule is COc1c(Cl)cc(Cl)cc1CN(C)CNN. The molecule has 0 aromatic heterocycles. The lowest BCUT2D eigenvalue weighted by Gasteiger charge is -2.18. The van der Waals surface area contributed by atoms with Crippen LogP contribution < -0.4 is 16.0 Å². The molecule has 90 valence electrons. The molecule has 0 saturated heterocycles.